The summed E-state index contributed by atoms with van der Waals surface area (Å²) in [4.78, 5) is 23.4. The van der Waals surface area contributed by atoms with Gasteiger partial charge in [-0.15, -0.1) is 0 Å². The highest BCUT2D eigenvalue weighted by molar-refractivity contribution is 5.90. The fourth-order valence-corrected chi connectivity index (χ4v) is 2.97. The summed E-state index contributed by atoms with van der Waals surface area (Å²) in [6.07, 6.45) is 4.49. The van der Waals surface area contributed by atoms with E-state index >= 15 is 0 Å². The third-order valence-corrected chi connectivity index (χ3v) is 4.21. The van der Waals surface area contributed by atoms with Gasteiger partial charge in [0.15, 0.2) is 0 Å². The molecule has 0 spiro atoms. The van der Waals surface area contributed by atoms with Gasteiger partial charge in [-0.2, -0.15) is 0 Å². The second-order valence-corrected chi connectivity index (χ2v) is 5.77. The molecule has 4 heteroatoms. The summed E-state index contributed by atoms with van der Waals surface area (Å²) in [6.45, 7) is 6.22. The van der Waals surface area contributed by atoms with Crippen LogP contribution in [0.25, 0.3) is 0 Å². The maximum Gasteiger partial charge on any atom is 0.337 e. The third-order valence-electron chi connectivity index (χ3n) is 4.21. The third kappa shape index (κ3) is 2.57. The summed E-state index contributed by atoms with van der Waals surface area (Å²) in [5.41, 5.74) is 1.55. The van der Waals surface area contributed by atoms with Crippen molar-refractivity contribution in [2.24, 2.45) is 5.41 Å². The van der Waals surface area contributed by atoms with Gasteiger partial charge in [-0.3, -0.25) is 4.79 Å². The molecule has 0 aromatic carbocycles. The Hall–Kier alpha value is -1.58. The molecule has 104 valence electrons. The number of aromatic nitrogens is 1. The SMILES string of the molecule is CCCC1(Cn2c(C)c(C(=O)O)c(C)cc2=O)CC1. The topological polar surface area (TPSA) is 59.3 Å². The summed E-state index contributed by atoms with van der Waals surface area (Å²) in [7, 11) is 0. The molecular formula is C15H21NO3. The smallest absolute Gasteiger partial charge is 0.337 e. The Morgan fingerprint density at radius 2 is 2.05 bits per heavy atom. The molecule has 0 amide bonds. The second-order valence-electron chi connectivity index (χ2n) is 5.77. The summed E-state index contributed by atoms with van der Waals surface area (Å²) in [5.74, 6) is -0.955. The highest BCUT2D eigenvalue weighted by Gasteiger charge is 2.42. The predicted octanol–water partition coefficient (Wildman–Crippen LogP) is 2.74. The van der Waals surface area contributed by atoms with E-state index in [0.29, 0.717) is 17.8 Å². The zero-order chi connectivity index (χ0) is 14.2. The zero-order valence-electron chi connectivity index (χ0n) is 11.8. The molecule has 0 bridgehead atoms. The van der Waals surface area contributed by atoms with Crippen molar-refractivity contribution >= 4 is 5.97 Å². The molecule has 1 aliphatic carbocycles. The number of carbonyl (C=O) groups is 1. The monoisotopic (exact) mass is 263 g/mol. The molecule has 19 heavy (non-hydrogen) atoms. The van der Waals surface area contributed by atoms with Gasteiger partial charge in [-0.05, 0) is 44.1 Å². The van der Waals surface area contributed by atoms with Crippen LogP contribution in [0.3, 0.4) is 0 Å². The Morgan fingerprint density at radius 1 is 1.42 bits per heavy atom. The Balaban J connectivity index is 2.43. The molecule has 1 saturated carbocycles. The molecule has 0 radical (unpaired) electrons. The van der Waals surface area contributed by atoms with Crippen LogP contribution in [0.2, 0.25) is 0 Å². The van der Waals surface area contributed by atoms with E-state index in [2.05, 4.69) is 6.92 Å². The van der Waals surface area contributed by atoms with Gasteiger partial charge in [0.25, 0.3) is 5.56 Å². The Kier molecular flexibility index (Phi) is 3.52. The maximum absolute atomic E-state index is 12.1. The fraction of sp³-hybridized carbons (Fsp3) is 0.600. The van der Waals surface area contributed by atoms with Crippen LogP contribution >= 0.6 is 0 Å². The first-order valence-electron chi connectivity index (χ1n) is 6.84. The van der Waals surface area contributed by atoms with Crippen molar-refractivity contribution < 1.29 is 9.90 Å². The van der Waals surface area contributed by atoms with E-state index in [1.807, 2.05) is 0 Å². The highest BCUT2D eigenvalue weighted by Crippen LogP contribution is 2.50. The van der Waals surface area contributed by atoms with E-state index in [1.165, 1.54) is 6.07 Å². The minimum atomic E-state index is -0.955. The zero-order valence-corrected chi connectivity index (χ0v) is 11.8. The largest absolute Gasteiger partial charge is 0.478 e. The molecule has 1 fully saturated rings. The van der Waals surface area contributed by atoms with Crippen LogP contribution in [-0.2, 0) is 6.54 Å². The molecule has 0 atom stereocenters. The van der Waals surface area contributed by atoms with E-state index in [-0.39, 0.29) is 16.5 Å². The van der Waals surface area contributed by atoms with Crippen LogP contribution in [0.1, 0.15) is 54.2 Å². The first-order valence-corrected chi connectivity index (χ1v) is 6.84. The van der Waals surface area contributed by atoms with Crippen LogP contribution in [0.5, 0.6) is 0 Å². The molecular weight excluding hydrogens is 242 g/mol. The number of hydrogen-bond donors (Lipinski definition) is 1. The second kappa shape index (κ2) is 4.83. The fourth-order valence-electron chi connectivity index (χ4n) is 2.97. The van der Waals surface area contributed by atoms with Crippen molar-refractivity contribution in [3.63, 3.8) is 0 Å². The van der Waals surface area contributed by atoms with Gasteiger partial charge in [0.05, 0.1) is 5.56 Å². The lowest BCUT2D eigenvalue weighted by molar-refractivity contribution is 0.0693. The lowest BCUT2D eigenvalue weighted by Crippen LogP contribution is -2.29. The van der Waals surface area contributed by atoms with E-state index in [4.69, 9.17) is 0 Å². The Labute approximate surface area is 113 Å². The van der Waals surface area contributed by atoms with E-state index < -0.39 is 5.97 Å². The summed E-state index contributed by atoms with van der Waals surface area (Å²) >= 11 is 0. The molecule has 0 aliphatic heterocycles. The molecule has 1 aliphatic rings. The molecule has 1 heterocycles. The summed E-state index contributed by atoms with van der Waals surface area (Å²) < 4.78 is 1.65. The highest BCUT2D eigenvalue weighted by atomic mass is 16.4. The number of carboxylic acid groups (broad SMARTS) is 1. The number of aromatic carboxylic acids is 1. The standard InChI is InChI=1S/C15H21NO3/c1-4-5-15(6-7-15)9-16-11(3)13(14(18)19)10(2)8-12(16)17/h8H,4-7,9H2,1-3H3,(H,18,19). The number of carboxylic acids is 1. The Bertz CT molecular complexity index is 567. The van der Waals surface area contributed by atoms with Crippen molar-refractivity contribution in [2.75, 3.05) is 0 Å². The van der Waals surface area contributed by atoms with Gasteiger partial charge in [0.2, 0.25) is 0 Å². The normalized spacial score (nSPS) is 16.4. The van der Waals surface area contributed by atoms with Crippen molar-refractivity contribution in [1.29, 1.82) is 0 Å². The maximum atomic E-state index is 12.1. The van der Waals surface area contributed by atoms with Gasteiger partial charge in [-0.25, -0.2) is 4.79 Å². The quantitative estimate of drug-likeness (QED) is 0.888. The summed E-state index contributed by atoms with van der Waals surface area (Å²) in [5, 5.41) is 9.26. The average Bonchev–Trinajstić information content (AvgIpc) is 3.04. The van der Waals surface area contributed by atoms with Crippen LogP contribution in [0.15, 0.2) is 10.9 Å². The molecule has 0 unspecified atom stereocenters. The van der Waals surface area contributed by atoms with Crippen LogP contribution in [-0.4, -0.2) is 15.6 Å². The van der Waals surface area contributed by atoms with Crippen molar-refractivity contribution in [3.8, 4) is 0 Å². The molecule has 0 saturated heterocycles. The molecule has 1 aromatic rings. The minimum Gasteiger partial charge on any atom is -0.478 e. The lowest BCUT2D eigenvalue weighted by Gasteiger charge is -2.20. The Morgan fingerprint density at radius 3 is 2.53 bits per heavy atom. The number of pyridine rings is 1. The van der Waals surface area contributed by atoms with Crippen LogP contribution in [0, 0.1) is 19.3 Å². The average molecular weight is 263 g/mol. The van der Waals surface area contributed by atoms with Gasteiger partial charge >= 0.3 is 5.97 Å². The van der Waals surface area contributed by atoms with E-state index in [1.54, 1.807) is 18.4 Å². The van der Waals surface area contributed by atoms with Crippen LogP contribution in [0.4, 0.5) is 0 Å². The summed E-state index contributed by atoms with van der Waals surface area (Å²) in [6, 6.07) is 1.44. The van der Waals surface area contributed by atoms with Crippen molar-refractivity contribution in [3.05, 3.63) is 33.2 Å². The van der Waals surface area contributed by atoms with Gasteiger partial charge < -0.3 is 9.67 Å². The number of hydrogen-bond acceptors (Lipinski definition) is 2. The van der Waals surface area contributed by atoms with E-state index in [9.17, 15) is 14.7 Å². The number of aryl methyl sites for hydroxylation is 1. The molecule has 2 rings (SSSR count). The lowest BCUT2D eigenvalue weighted by atomic mass is 9.99. The van der Waals surface area contributed by atoms with Crippen LogP contribution < -0.4 is 5.56 Å². The predicted molar refractivity (Wildman–Crippen MR) is 73.7 cm³/mol. The van der Waals surface area contributed by atoms with Crippen molar-refractivity contribution in [1.82, 2.24) is 4.57 Å². The first-order chi connectivity index (χ1) is 8.90. The molecule has 1 aromatic heterocycles. The van der Waals surface area contributed by atoms with E-state index in [0.717, 1.165) is 25.7 Å². The number of rotatable bonds is 5. The van der Waals surface area contributed by atoms with Gasteiger partial charge in [0, 0.05) is 18.3 Å². The van der Waals surface area contributed by atoms with Crippen molar-refractivity contribution in [2.45, 2.75) is 53.0 Å². The van der Waals surface area contributed by atoms with Gasteiger partial charge in [-0.1, -0.05) is 13.3 Å². The molecule has 4 nitrogen and oxygen atoms in total. The number of nitrogens with zero attached hydrogens (tertiary/aromatic N) is 1. The minimum absolute atomic E-state index is 0.0811. The molecule has 1 N–H and O–H groups in total. The van der Waals surface area contributed by atoms with Gasteiger partial charge in [0.1, 0.15) is 0 Å². The first kappa shape index (κ1) is 13.8.